The molecule has 0 aromatic carbocycles. The second-order valence-electron chi connectivity index (χ2n) is 3.70. The fourth-order valence-electron chi connectivity index (χ4n) is 1.88. The van der Waals surface area contributed by atoms with Crippen molar-refractivity contribution in [3.05, 3.63) is 0 Å². The van der Waals surface area contributed by atoms with Crippen molar-refractivity contribution in [1.29, 1.82) is 0 Å². The molecular weight excluding hydrogens is 168 g/mol. The third-order valence-electron chi connectivity index (χ3n) is 2.65. The van der Waals surface area contributed by atoms with Crippen molar-refractivity contribution < 1.29 is 9.90 Å². The highest BCUT2D eigenvalue weighted by Crippen LogP contribution is 2.15. The highest BCUT2D eigenvalue weighted by atomic mass is 16.4. The van der Waals surface area contributed by atoms with Crippen LogP contribution in [0.5, 0.6) is 0 Å². The number of hydrogen-bond donors (Lipinski definition) is 2. The van der Waals surface area contributed by atoms with Crippen LogP contribution in [-0.2, 0) is 4.79 Å². The SMILES string of the molecule is CCC(CC(=O)O)N1CCC(N)C1. The molecule has 4 heteroatoms. The van der Waals surface area contributed by atoms with Crippen molar-refractivity contribution in [2.24, 2.45) is 5.73 Å². The number of carboxylic acids is 1. The van der Waals surface area contributed by atoms with E-state index >= 15 is 0 Å². The maximum atomic E-state index is 10.5. The van der Waals surface area contributed by atoms with Gasteiger partial charge < -0.3 is 10.8 Å². The molecule has 0 aromatic rings. The number of nitrogens with two attached hydrogens (primary N) is 1. The van der Waals surface area contributed by atoms with E-state index in [4.69, 9.17) is 10.8 Å². The summed E-state index contributed by atoms with van der Waals surface area (Å²) in [4.78, 5) is 12.7. The van der Waals surface area contributed by atoms with Crippen molar-refractivity contribution >= 4 is 5.97 Å². The van der Waals surface area contributed by atoms with Gasteiger partial charge in [0.05, 0.1) is 6.42 Å². The fraction of sp³-hybridized carbons (Fsp3) is 0.889. The van der Waals surface area contributed by atoms with Crippen LogP contribution >= 0.6 is 0 Å². The lowest BCUT2D eigenvalue weighted by Crippen LogP contribution is -2.36. The number of rotatable bonds is 4. The number of aliphatic carboxylic acids is 1. The minimum absolute atomic E-state index is 0.172. The summed E-state index contributed by atoms with van der Waals surface area (Å²) in [6, 6.07) is 0.411. The minimum atomic E-state index is -0.715. The average Bonchev–Trinajstić information content (AvgIpc) is 2.47. The zero-order valence-corrected chi connectivity index (χ0v) is 8.07. The van der Waals surface area contributed by atoms with Gasteiger partial charge in [0.15, 0.2) is 0 Å². The maximum Gasteiger partial charge on any atom is 0.304 e. The quantitative estimate of drug-likeness (QED) is 0.661. The van der Waals surface area contributed by atoms with Crippen molar-refractivity contribution in [3.63, 3.8) is 0 Å². The molecule has 3 N–H and O–H groups in total. The Bertz CT molecular complexity index is 184. The summed E-state index contributed by atoms with van der Waals surface area (Å²) < 4.78 is 0. The van der Waals surface area contributed by atoms with Crippen LogP contribution in [0.2, 0.25) is 0 Å². The Morgan fingerprint density at radius 1 is 1.77 bits per heavy atom. The zero-order valence-electron chi connectivity index (χ0n) is 8.07. The van der Waals surface area contributed by atoms with Gasteiger partial charge in [0, 0.05) is 25.2 Å². The molecule has 1 rings (SSSR count). The van der Waals surface area contributed by atoms with Crippen molar-refractivity contribution in [1.82, 2.24) is 4.90 Å². The second kappa shape index (κ2) is 4.58. The lowest BCUT2D eigenvalue weighted by atomic mass is 10.1. The highest BCUT2D eigenvalue weighted by molar-refractivity contribution is 5.67. The Balaban J connectivity index is 2.42. The van der Waals surface area contributed by atoms with Gasteiger partial charge in [0.2, 0.25) is 0 Å². The summed E-state index contributed by atoms with van der Waals surface area (Å²) in [7, 11) is 0. The Labute approximate surface area is 78.7 Å². The topological polar surface area (TPSA) is 66.6 Å². The average molecular weight is 186 g/mol. The number of carbonyl (C=O) groups is 1. The van der Waals surface area contributed by atoms with Crippen LogP contribution in [-0.4, -0.2) is 41.1 Å². The summed E-state index contributed by atoms with van der Waals surface area (Å²) in [6.07, 6.45) is 2.12. The van der Waals surface area contributed by atoms with E-state index in [1.54, 1.807) is 0 Å². The third kappa shape index (κ3) is 2.97. The first-order valence-electron chi connectivity index (χ1n) is 4.85. The predicted molar refractivity (Wildman–Crippen MR) is 50.5 cm³/mol. The van der Waals surface area contributed by atoms with Crippen molar-refractivity contribution in [2.45, 2.75) is 38.3 Å². The number of nitrogens with zero attached hydrogens (tertiary/aromatic N) is 1. The van der Waals surface area contributed by atoms with E-state index < -0.39 is 5.97 Å². The summed E-state index contributed by atoms with van der Waals surface area (Å²) in [5.74, 6) is -0.715. The molecule has 1 heterocycles. The molecule has 1 aliphatic heterocycles. The van der Waals surface area contributed by atoms with Crippen LogP contribution in [0.4, 0.5) is 0 Å². The molecule has 0 bridgehead atoms. The maximum absolute atomic E-state index is 10.5. The van der Waals surface area contributed by atoms with Crippen LogP contribution in [0.1, 0.15) is 26.2 Å². The molecular formula is C9H18N2O2. The molecule has 0 radical (unpaired) electrons. The lowest BCUT2D eigenvalue weighted by Gasteiger charge is -2.24. The van der Waals surface area contributed by atoms with E-state index in [0.29, 0.717) is 0 Å². The van der Waals surface area contributed by atoms with Gasteiger partial charge in [-0.05, 0) is 12.8 Å². The van der Waals surface area contributed by atoms with Gasteiger partial charge in [-0.2, -0.15) is 0 Å². The Morgan fingerprint density at radius 3 is 2.85 bits per heavy atom. The zero-order chi connectivity index (χ0) is 9.84. The number of carboxylic acid groups (broad SMARTS) is 1. The summed E-state index contributed by atoms with van der Waals surface area (Å²) in [5, 5.41) is 8.68. The van der Waals surface area contributed by atoms with E-state index in [0.717, 1.165) is 25.9 Å². The summed E-state index contributed by atoms with van der Waals surface area (Å²) in [5.41, 5.74) is 5.76. The molecule has 0 amide bonds. The first kappa shape index (κ1) is 10.5. The molecule has 0 aliphatic carbocycles. The van der Waals surface area contributed by atoms with Crippen LogP contribution in [0.15, 0.2) is 0 Å². The molecule has 1 saturated heterocycles. The first-order valence-corrected chi connectivity index (χ1v) is 4.85. The third-order valence-corrected chi connectivity index (χ3v) is 2.65. The van der Waals surface area contributed by atoms with Gasteiger partial charge in [0.1, 0.15) is 0 Å². The molecule has 2 atom stereocenters. The molecule has 0 saturated carbocycles. The van der Waals surface area contributed by atoms with Gasteiger partial charge in [0.25, 0.3) is 0 Å². The largest absolute Gasteiger partial charge is 0.481 e. The fourth-order valence-corrected chi connectivity index (χ4v) is 1.88. The van der Waals surface area contributed by atoms with Crippen LogP contribution in [0.25, 0.3) is 0 Å². The van der Waals surface area contributed by atoms with Gasteiger partial charge in [-0.3, -0.25) is 9.69 Å². The van der Waals surface area contributed by atoms with E-state index in [9.17, 15) is 4.79 Å². The van der Waals surface area contributed by atoms with Gasteiger partial charge in [-0.15, -0.1) is 0 Å². The Hall–Kier alpha value is -0.610. The summed E-state index contributed by atoms with van der Waals surface area (Å²) in [6.45, 7) is 3.83. The monoisotopic (exact) mass is 186 g/mol. The molecule has 2 unspecified atom stereocenters. The smallest absolute Gasteiger partial charge is 0.304 e. The summed E-state index contributed by atoms with van der Waals surface area (Å²) >= 11 is 0. The van der Waals surface area contributed by atoms with Crippen LogP contribution in [0, 0.1) is 0 Å². The van der Waals surface area contributed by atoms with Crippen LogP contribution in [0.3, 0.4) is 0 Å². The van der Waals surface area contributed by atoms with E-state index in [1.807, 2.05) is 6.92 Å². The molecule has 1 aliphatic rings. The lowest BCUT2D eigenvalue weighted by molar-refractivity contribution is -0.138. The minimum Gasteiger partial charge on any atom is -0.481 e. The second-order valence-corrected chi connectivity index (χ2v) is 3.70. The first-order chi connectivity index (χ1) is 6.13. The van der Waals surface area contributed by atoms with Gasteiger partial charge >= 0.3 is 5.97 Å². The number of hydrogen-bond acceptors (Lipinski definition) is 3. The van der Waals surface area contributed by atoms with Gasteiger partial charge in [-0.1, -0.05) is 6.92 Å². The molecule has 0 spiro atoms. The highest BCUT2D eigenvalue weighted by Gasteiger charge is 2.26. The van der Waals surface area contributed by atoms with E-state index in [-0.39, 0.29) is 18.5 Å². The molecule has 0 aromatic heterocycles. The molecule has 1 fully saturated rings. The van der Waals surface area contributed by atoms with Gasteiger partial charge in [-0.25, -0.2) is 0 Å². The molecule has 4 nitrogen and oxygen atoms in total. The normalized spacial score (nSPS) is 26.2. The molecule has 13 heavy (non-hydrogen) atoms. The number of likely N-dealkylation sites (tertiary alicyclic amines) is 1. The van der Waals surface area contributed by atoms with Crippen molar-refractivity contribution in [3.8, 4) is 0 Å². The van der Waals surface area contributed by atoms with E-state index in [1.165, 1.54) is 0 Å². The van der Waals surface area contributed by atoms with Crippen LogP contribution < -0.4 is 5.73 Å². The standard InChI is InChI=1S/C9H18N2O2/c1-2-8(5-9(12)13)11-4-3-7(10)6-11/h7-8H,2-6,10H2,1H3,(H,12,13). The Kier molecular flexibility index (Phi) is 3.69. The van der Waals surface area contributed by atoms with Crippen molar-refractivity contribution in [2.75, 3.05) is 13.1 Å². The predicted octanol–water partition coefficient (Wildman–Crippen LogP) is 0.273. The Morgan fingerprint density at radius 2 is 2.46 bits per heavy atom. The molecule has 76 valence electrons. The van der Waals surface area contributed by atoms with E-state index in [2.05, 4.69) is 4.90 Å².